The number of azo groups is 2. The lowest BCUT2D eigenvalue weighted by molar-refractivity contribution is -0.127. The summed E-state index contributed by atoms with van der Waals surface area (Å²) in [5.41, 5.74) is 3.85. The summed E-state index contributed by atoms with van der Waals surface area (Å²) in [6.07, 6.45) is 0. The largest absolute Gasteiger partial charge is 0.324 e. The number of halogens is 5. The second kappa shape index (κ2) is 22.4. The van der Waals surface area contributed by atoms with Crippen LogP contribution in [0, 0.1) is 0 Å². The van der Waals surface area contributed by atoms with Gasteiger partial charge in [-0.25, -0.2) is 0 Å². The van der Waals surface area contributed by atoms with E-state index in [9.17, 15) is 28.8 Å². The molecule has 0 aromatic heterocycles. The molecule has 0 saturated heterocycles. The van der Waals surface area contributed by atoms with E-state index in [4.69, 9.17) is 58.0 Å². The number of carbonyl (C=O) groups is 6. The molecule has 0 aliphatic rings. The van der Waals surface area contributed by atoms with Gasteiger partial charge in [0.25, 0.3) is 23.6 Å². The molecule has 0 saturated carbocycles. The van der Waals surface area contributed by atoms with Crippen LogP contribution >= 0.6 is 58.0 Å². The van der Waals surface area contributed by atoms with Crippen LogP contribution in [0.3, 0.4) is 0 Å². The van der Waals surface area contributed by atoms with E-state index in [1.807, 2.05) is 12.1 Å². The van der Waals surface area contributed by atoms with Crippen molar-refractivity contribution in [3.05, 3.63) is 141 Å². The standard InChI is InChI=1S/C44H37Cl5N8O6/c1-23(47)37-20-34(52-43(62)39(24(2)58)56-54-35-16-28(14-30(48)18-35)41(60)50-32-8-4-6-26(12-32)21-45)10-11-38(37)53-44(63)40(25(3)59)57-55-36-17-29(15-31(49)19-36)42(61)51-33-9-5-7-27(13-33)22-46/h4-20,23,39-40H,21-22H2,1-3H3,(H,50,60)(H,51,61)(H,52,62)(H,53,63). The fourth-order valence-corrected chi connectivity index (χ4v) is 6.75. The fourth-order valence-electron chi connectivity index (χ4n) is 5.78. The number of alkyl halides is 3. The first-order chi connectivity index (χ1) is 30.0. The number of Topliss-reactive ketones (excluding diaryl/α,β-unsaturated/α-hetero) is 2. The first-order valence-electron chi connectivity index (χ1n) is 18.8. The summed E-state index contributed by atoms with van der Waals surface area (Å²) < 4.78 is 0. The minimum Gasteiger partial charge on any atom is -0.324 e. The molecule has 3 unspecified atom stereocenters. The van der Waals surface area contributed by atoms with Crippen LogP contribution in [-0.2, 0) is 30.9 Å². The van der Waals surface area contributed by atoms with E-state index >= 15 is 0 Å². The van der Waals surface area contributed by atoms with Crippen molar-refractivity contribution in [1.82, 2.24) is 0 Å². The zero-order valence-corrected chi connectivity index (χ0v) is 37.4. The topological polar surface area (TPSA) is 200 Å². The van der Waals surface area contributed by atoms with Gasteiger partial charge in [-0.2, -0.15) is 20.5 Å². The predicted molar refractivity (Wildman–Crippen MR) is 247 cm³/mol. The highest BCUT2D eigenvalue weighted by Gasteiger charge is 2.27. The molecule has 0 aliphatic carbocycles. The van der Waals surface area contributed by atoms with Gasteiger partial charge in [-0.05, 0) is 116 Å². The van der Waals surface area contributed by atoms with Crippen LogP contribution in [0.15, 0.2) is 124 Å². The third-order valence-corrected chi connectivity index (χ3v) is 10.1. The van der Waals surface area contributed by atoms with E-state index in [1.165, 1.54) is 54.6 Å². The average Bonchev–Trinajstić information content (AvgIpc) is 3.23. The number of hydrogen-bond acceptors (Lipinski definition) is 10. The molecule has 0 bridgehead atoms. The van der Waals surface area contributed by atoms with Gasteiger partial charge in [0, 0.05) is 55.7 Å². The number of ketones is 2. The Morgan fingerprint density at radius 1 is 0.556 bits per heavy atom. The van der Waals surface area contributed by atoms with Crippen molar-refractivity contribution in [2.24, 2.45) is 20.5 Å². The molecule has 0 fully saturated rings. The van der Waals surface area contributed by atoms with E-state index in [0.717, 1.165) is 25.0 Å². The normalized spacial score (nSPS) is 12.6. The van der Waals surface area contributed by atoms with Crippen LogP contribution in [0.2, 0.25) is 10.0 Å². The average molecular weight is 951 g/mol. The summed E-state index contributed by atoms with van der Waals surface area (Å²) in [7, 11) is 0. The van der Waals surface area contributed by atoms with Crippen molar-refractivity contribution >= 4 is 127 Å². The molecular weight excluding hydrogens is 914 g/mol. The first kappa shape index (κ1) is 48.0. The summed E-state index contributed by atoms with van der Waals surface area (Å²) in [4.78, 5) is 78.1. The molecule has 0 radical (unpaired) electrons. The second-order valence-corrected chi connectivity index (χ2v) is 15.9. The monoisotopic (exact) mass is 948 g/mol. The van der Waals surface area contributed by atoms with Gasteiger partial charge in [0.1, 0.15) is 0 Å². The van der Waals surface area contributed by atoms with Crippen molar-refractivity contribution in [3.8, 4) is 0 Å². The highest BCUT2D eigenvalue weighted by molar-refractivity contribution is 6.32. The Kier molecular flexibility index (Phi) is 17.0. The maximum absolute atomic E-state index is 13.5. The number of nitrogens with zero attached hydrogens (tertiary/aromatic N) is 4. The summed E-state index contributed by atoms with van der Waals surface area (Å²) in [6.45, 7) is 3.94. The molecule has 0 spiro atoms. The highest BCUT2D eigenvalue weighted by atomic mass is 35.5. The van der Waals surface area contributed by atoms with Crippen LogP contribution in [0.25, 0.3) is 0 Å². The molecule has 4 amide bonds. The van der Waals surface area contributed by atoms with Gasteiger partial charge in [0.15, 0.2) is 11.6 Å². The SMILES string of the molecule is CC(=O)C(N=Nc1cc(Cl)cc(C(=O)Nc2cccc(CCl)c2)c1)C(=O)Nc1ccc(NC(=O)C(N=Nc2cc(Cl)cc(C(=O)Nc3cccc(CCl)c3)c2)C(C)=O)c(C(C)Cl)c1. The smallest absolute Gasteiger partial charge is 0.258 e. The molecule has 63 heavy (non-hydrogen) atoms. The summed E-state index contributed by atoms with van der Waals surface area (Å²) in [5.74, 6) is -3.43. The van der Waals surface area contributed by atoms with Crippen LogP contribution in [-0.4, -0.2) is 47.3 Å². The van der Waals surface area contributed by atoms with E-state index < -0.39 is 52.7 Å². The second-order valence-electron chi connectivity index (χ2n) is 13.8. The predicted octanol–water partition coefficient (Wildman–Crippen LogP) is 11.6. The van der Waals surface area contributed by atoms with Gasteiger partial charge in [-0.15, -0.1) is 34.8 Å². The molecule has 324 valence electrons. The molecule has 3 atom stereocenters. The van der Waals surface area contributed by atoms with Gasteiger partial charge in [0.05, 0.1) is 16.8 Å². The number of nitrogens with one attached hydrogen (secondary N) is 4. The van der Waals surface area contributed by atoms with Crippen molar-refractivity contribution in [3.63, 3.8) is 0 Å². The molecule has 0 heterocycles. The van der Waals surface area contributed by atoms with Crippen molar-refractivity contribution in [2.75, 3.05) is 21.3 Å². The molecule has 4 N–H and O–H groups in total. The molecule has 5 aromatic carbocycles. The van der Waals surface area contributed by atoms with Crippen molar-refractivity contribution < 1.29 is 28.8 Å². The summed E-state index contributed by atoms with van der Waals surface area (Å²) in [6, 6.07) is 23.5. The lowest BCUT2D eigenvalue weighted by atomic mass is 10.1. The quantitative estimate of drug-likeness (QED) is 0.0406. The fraction of sp³-hybridized carbons (Fsp3) is 0.182. The van der Waals surface area contributed by atoms with Crippen LogP contribution in [0.5, 0.6) is 0 Å². The number of carbonyl (C=O) groups excluding carboxylic acids is 6. The van der Waals surface area contributed by atoms with Gasteiger partial charge in [-0.3, -0.25) is 28.8 Å². The minimum absolute atomic E-state index is 0.102. The Labute approximate surface area is 386 Å². The molecule has 5 aromatic rings. The Bertz CT molecular complexity index is 2640. The van der Waals surface area contributed by atoms with Crippen LogP contribution in [0.1, 0.15) is 63.6 Å². The Morgan fingerprint density at radius 3 is 1.43 bits per heavy atom. The minimum atomic E-state index is -1.61. The number of benzene rings is 5. The molecule has 5 rings (SSSR count). The lowest BCUT2D eigenvalue weighted by Crippen LogP contribution is -2.32. The molecule has 0 aliphatic heterocycles. The zero-order valence-electron chi connectivity index (χ0n) is 33.6. The van der Waals surface area contributed by atoms with E-state index in [0.29, 0.717) is 16.9 Å². The Morgan fingerprint density at radius 2 is 1.00 bits per heavy atom. The number of amides is 4. The number of rotatable bonds is 17. The molecule has 14 nitrogen and oxygen atoms in total. The lowest BCUT2D eigenvalue weighted by Gasteiger charge is -2.17. The van der Waals surface area contributed by atoms with Crippen molar-refractivity contribution in [2.45, 2.75) is 50.0 Å². The maximum Gasteiger partial charge on any atom is 0.258 e. The molecular formula is C44H37Cl5N8O6. The number of hydrogen-bond donors (Lipinski definition) is 4. The van der Waals surface area contributed by atoms with Crippen LogP contribution in [0.4, 0.5) is 34.1 Å². The van der Waals surface area contributed by atoms with Crippen molar-refractivity contribution in [1.29, 1.82) is 0 Å². The van der Waals surface area contributed by atoms with Gasteiger partial charge >= 0.3 is 0 Å². The molecule has 19 heteroatoms. The van der Waals surface area contributed by atoms with Gasteiger partial charge in [0.2, 0.25) is 12.1 Å². The third kappa shape index (κ3) is 13.7. The van der Waals surface area contributed by atoms with E-state index in [2.05, 4.69) is 41.7 Å². The Balaban J connectivity index is 1.27. The Hall–Kier alpha value is -6.03. The van der Waals surface area contributed by atoms with Crippen LogP contribution < -0.4 is 21.3 Å². The summed E-state index contributed by atoms with van der Waals surface area (Å²) in [5, 5.41) is 26.4. The number of anilines is 4. The van der Waals surface area contributed by atoms with Gasteiger partial charge in [-0.1, -0.05) is 47.5 Å². The first-order valence-corrected chi connectivity index (χ1v) is 21.1. The van der Waals surface area contributed by atoms with Gasteiger partial charge < -0.3 is 21.3 Å². The summed E-state index contributed by atoms with van der Waals surface area (Å²) >= 11 is 30.8. The highest BCUT2D eigenvalue weighted by Crippen LogP contribution is 2.32. The zero-order chi connectivity index (χ0) is 45.8. The van der Waals surface area contributed by atoms with E-state index in [-0.39, 0.29) is 55.7 Å². The maximum atomic E-state index is 13.5. The van der Waals surface area contributed by atoms with E-state index in [1.54, 1.807) is 43.3 Å². The third-order valence-electron chi connectivity index (χ3n) is 8.82.